The Balaban J connectivity index is 2.10. The topological polar surface area (TPSA) is 72.9 Å². The average Bonchev–Trinajstić information content (AvgIpc) is 2.82. The summed E-state index contributed by atoms with van der Waals surface area (Å²) in [6.45, 7) is 7.07. The number of nitrogens with two attached hydrogens (primary N) is 1. The van der Waals surface area contributed by atoms with Crippen molar-refractivity contribution in [3.8, 4) is 0 Å². The van der Waals surface area contributed by atoms with E-state index in [9.17, 15) is 4.79 Å². The van der Waals surface area contributed by atoms with Crippen molar-refractivity contribution in [2.75, 3.05) is 5.73 Å². The van der Waals surface area contributed by atoms with E-state index in [0.29, 0.717) is 17.9 Å². The first kappa shape index (κ1) is 12.9. The summed E-state index contributed by atoms with van der Waals surface area (Å²) in [6, 6.07) is 0.219. The Kier molecular flexibility index (Phi) is 3.32. The number of hydrogen-bond donors (Lipinski definition) is 2. The standard InChI is InChI=1S/C13H22N4O/c1-4-17-8-9(14)11(16-17)12(18)15-10-6-5-7-13(10,2)3/h8,10H,4-7,14H2,1-3H3,(H,15,18). The Morgan fingerprint density at radius 3 is 2.89 bits per heavy atom. The Morgan fingerprint density at radius 2 is 2.39 bits per heavy atom. The highest BCUT2D eigenvalue weighted by molar-refractivity contribution is 5.97. The van der Waals surface area contributed by atoms with Crippen LogP contribution in [-0.4, -0.2) is 21.7 Å². The number of aryl methyl sites for hydroxylation is 1. The van der Waals surface area contributed by atoms with Crippen molar-refractivity contribution in [1.29, 1.82) is 0 Å². The summed E-state index contributed by atoms with van der Waals surface area (Å²) in [5.74, 6) is -0.153. The molecular formula is C13H22N4O. The van der Waals surface area contributed by atoms with Gasteiger partial charge in [0.05, 0.1) is 5.69 Å². The second-order valence-corrected chi connectivity index (χ2v) is 5.70. The fourth-order valence-electron chi connectivity index (χ4n) is 2.60. The van der Waals surface area contributed by atoms with E-state index in [2.05, 4.69) is 24.3 Å². The largest absolute Gasteiger partial charge is 0.396 e. The number of nitrogens with one attached hydrogen (secondary N) is 1. The quantitative estimate of drug-likeness (QED) is 0.859. The maximum Gasteiger partial charge on any atom is 0.274 e. The number of aromatic nitrogens is 2. The summed E-state index contributed by atoms with van der Waals surface area (Å²) in [5, 5.41) is 7.27. The number of carbonyl (C=O) groups is 1. The van der Waals surface area contributed by atoms with Crippen LogP contribution in [0.25, 0.3) is 0 Å². The molecule has 1 atom stereocenters. The molecule has 0 spiro atoms. The molecule has 5 heteroatoms. The predicted molar refractivity (Wildman–Crippen MR) is 71.2 cm³/mol. The molecule has 1 aromatic rings. The van der Waals surface area contributed by atoms with Crippen molar-refractivity contribution in [1.82, 2.24) is 15.1 Å². The van der Waals surface area contributed by atoms with Crippen molar-refractivity contribution in [2.24, 2.45) is 5.41 Å². The number of carbonyl (C=O) groups excluding carboxylic acids is 1. The number of anilines is 1. The molecule has 2 rings (SSSR count). The molecule has 1 aromatic heterocycles. The van der Waals surface area contributed by atoms with E-state index in [1.54, 1.807) is 10.9 Å². The molecule has 1 amide bonds. The molecule has 0 aromatic carbocycles. The minimum Gasteiger partial charge on any atom is -0.396 e. The van der Waals surface area contributed by atoms with Gasteiger partial charge in [0.25, 0.3) is 5.91 Å². The van der Waals surface area contributed by atoms with E-state index in [1.807, 2.05) is 6.92 Å². The van der Waals surface area contributed by atoms with Gasteiger partial charge in [0.1, 0.15) is 0 Å². The summed E-state index contributed by atoms with van der Waals surface area (Å²) in [5.41, 5.74) is 6.78. The van der Waals surface area contributed by atoms with Crippen molar-refractivity contribution < 1.29 is 4.79 Å². The molecule has 0 radical (unpaired) electrons. The Hall–Kier alpha value is -1.52. The normalized spacial score (nSPS) is 22.1. The third-order valence-corrected chi connectivity index (χ3v) is 3.89. The second kappa shape index (κ2) is 4.63. The van der Waals surface area contributed by atoms with Gasteiger partial charge in [0.2, 0.25) is 0 Å². The highest BCUT2D eigenvalue weighted by atomic mass is 16.2. The Labute approximate surface area is 108 Å². The van der Waals surface area contributed by atoms with Crippen LogP contribution in [0.1, 0.15) is 50.5 Å². The minimum absolute atomic E-state index is 0.153. The maximum atomic E-state index is 12.2. The van der Waals surface area contributed by atoms with Gasteiger partial charge in [-0.25, -0.2) is 0 Å². The lowest BCUT2D eigenvalue weighted by Crippen LogP contribution is -2.41. The molecule has 0 aliphatic heterocycles. The predicted octanol–water partition coefficient (Wildman–Crippen LogP) is 1.79. The first-order chi connectivity index (χ1) is 8.44. The van der Waals surface area contributed by atoms with Gasteiger partial charge in [-0.2, -0.15) is 5.10 Å². The van der Waals surface area contributed by atoms with Gasteiger partial charge in [0.15, 0.2) is 5.69 Å². The van der Waals surface area contributed by atoms with Gasteiger partial charge in [-0.05, 0) is 25.2 Å². The molecule has 3 N–H and O–H groups in total. The van der Waals surface area contributed by atoms with Gasteiger partial charge in [0, 0.05) is 18.8 Å². The van der Waals surface area contributed by atoms with Crippen molar-refractivity contribution in [3.05, 3.63) is 11.9 Å². The molecule has 1 aliphatic rings. The third kappa shape index (κ3) is 2.35. The number of amides is 1. The van der Waals surface area contributed by atoms with Crippen molar-refractivity contribution in [3.63, 3.8) is 0 Å². The first-order valence-corrected chi connectivity index (χ1v) is 6.58. The van der Waals surface area contributed by atoms with E-state index >= 15 is 0 Å². The number of nitrogens with zero attached hydrogens (tertiary/aromatic N) is 2. The van der Waals surface area contributed by atoms with Crippen LogP contribution >= 0.6 is 0 Å². The molecule has 1 aliphatic carbocycles. The Bertz CT molecular complexity index is 450. The SMILES string of the molecule is CCn1cc(N)c(C(=O)NC2CCCC2(C)C)n1. The number of rotatable bonds is 3. The lowest BCUT2D eigenvalue weighted by Gasteiger charge is -2.27. The summed E-state index contributed by atoms with van der Waals surface area (Å²) < 4.78 is 1.68. The molecule has 1 heterocycles. The molecule has 1 fully saturated rings. The van der Waals surface area contributed by atoms with E-state index in [4.69, 9.17) is 5.73 Å². The van der Waals surface area contributed by atoms with Gasteiger partial charge < -0.3 is 11.1 Å². The third-order valence-electron chi connectivity index (χ3n) is 3.89. The molecule has 18 heavy (non-hydrogen) atoms. The molecular weight excluding hydrogens is 228 g/mol. The monoisotopic (exact) mass is 250 g/mol. The molecule has 1 saturated carbocycles. The van der Waals surface area contributed by atoms with Crippen molar-refractivity contribution in [2.45, 2.75) is 52.6 Å². The van der Waals surface area contributed by atoms with Crippen molar-refractivity contribution >= 4 is 11.6 Å². The zero-order valence-electron chi connectivity index (χ0n) is 11.4. The van der Waals surface area contributed by atoms with Crippen LogP contribution in [0.15, 0.2) is 6.20 Å². The second-order valence-electron chi connectivity index (χ2n) is 5.70. The zero-order valence-corrected chi connectivity index (χ0v) is 11.4. The Morgan fingerprint density at radius 1 is 1.67 bits per heavy atom. The van der Waals surface area contributed by atoms with E-state index in [0.717, 1.165) is 19.3 Å². The lowest BCUT2D eigenvalue weighted by molar-refractivity contribution is 0.0905. The molecule has 1 unspecified atom stereocenters. The first-order valence-electron chi connectivity index (χ1n) is 6.58. The van der Waals surface area contributed by atoms with E-state index in [1.165, 1.54) is 0 Å². The minimum atomic E-state index is -0.153. The summed E-state index contributed by atoms with van der Waals surface area (Å²) in [7, 11) is 0. The van der Waals surface area contributed by atoms with Crippen LogP contribution in [-0.2, 0) is 6.54 Å². The van der Waals surface area contributed by atoms with Gasteiger partial charge >= 0.3 is 0 Å². The highest BCUT2D eigenvalue weighted by Crippen LogP contribution is 2.37. The van der Waals surface area contributed by atoms with Gasteiger partial charge in [-0.3, -0.25) is 9.48 Å². The van der Waals surface area contributed by atoms with Gasteiger partial charge in [-0.1, -0.05) is 20.3 Å². The fourth-order valence-corrected chi connectivity index (χ4v) is 2.60. The van der Waals surface area contributed by atoms with E-state index in [-0.39, 0.29) is 17.4 Å². The number of hydrogen-bond acceptors (Lipinski definition) is 3. The molecule has 0 saturated heterocycles. The summed E-state index contributed by atoms with van der Waals surface area (Å²) in [6.07, 6.45) is 5.05. The summed E-state index contributed by atoms with van der Waals surface area (Å²) >= 11 is 0. The van der Waals surface area contributed by atoms with E-state index < -0.39 is 0 Å². The lowest BCUT2D eigenvalue weighted by atomic mass is 9.87. The smallest absolute Gasteiger partial charge is 0.274 e. The van der Waals surface area contributed by atoms with Crippen LogP contribution in [0.2, 0.25) is 0 Å². The highest BCUT2D eigenvalue weighted by Gasteiger charge is 2.36. The van der Waals surface area contributed by atoms with Crippen LogP contribution in [0.5, 0.6) is 0 Å². The zero-order chi connectivity index (χ0) is 13.3. The van der Waals surface area contributed by atoms with Crippen LogP contribution in [0.3, 0.4) is 0 Å². The van der Waals surface area contributed by atoms with Crippen LogP contribution < -0.4 is 11.1 Å². The molecule has 100 valence electrons. The molecule has 5 nitrogen and oxygen atoms in total. The maximum absolute atomic E-state index is 12.2. The van der Waals surface area contributed by atoms with Crippen LogP contribution in [0.4, 0.5) is 5.69 Å². The van der Waals surface area contributed by atoms with Crippen LogP contribution in [0, 0.1) is 5.41 Å². The number of nitrogen functional groups attached to an aromatic ring is 1. The average molecular weight is 250 g/mol. The molecule has 0 bridgehead atoms. The van der Waals surface area contributed by atoms with Gasteiger partial charge in [-0.15, -0.1) is 0 Å². The fraction of sp³-hybridized carbons (Fsp3) is 0.692. The summed E-state index contributed by atoms with van der Waals surface area (Å²) in [4.78, 5) is 12.2.